The SMILES string of the molecule is C1=CC2NC(c3ccc(-c4c5ccccc5c(-c5ccc6ccccc6c5)c5ccccc45)cc3)=CN2C=C1. The summed E-state index contributed by atoms with van der Waals surface area (Å²) in [4.78, 5) is 2.20. The third-order valence-corrected chi connectivity index (χ3v) is 8.02. The van der Waals surface area contributed by atoms with Crippen molar-refractivity contribution in [2.45, 2.75) is 6.17 Å². The van der Waals surface area contributed by atoms with Crippen molar-refractivity contribution < 1.29 is 0 Å². The Balaban J connectivity index is 1.31. The second-order valence-electron chi connectivity index (χ2n) is 10.3. The molecular formula is C37H26N2. The molecule has 184 valence electrons. The van der Waals surface area contributed by atoms with Gasteiger partial charge in [0.05, 0.1) is 5.70 Å². The third-order valence-electron chi connectivity index (χ3n) is 8.02. The topological polar surface area (TPSA) is 15.3 Å². The molecule has 8 rings (SSSR count). The van der Waals surface area contributed by atoms with Gasteiger partial charge < -0.3 is 10.2 Å². The second kappa shape index (κ2) is 8.75. The summed E-state index contributed by atoms with van der Waals surface area (Å²) in [7, 11) is 0. The fourth-order valence-electron chi connectivity index (χ4n) is 6.17. The van der Waals surface area contributed by atoms with Crippen molar-refractivity contribution in [2.75, 3.05) is 0 Å². The maximum atomic E-state index is 3.61. The highest BCUT2D eigenvalue weighted by atomic mass is 15.3. The van der Waals surface area contributed by atoms with Crippen LogP contribution in [-0.2, 0) is 0 Å². The molecule has 2 heterocycles. The van der Waals surface area contributed by atoms with Gasteiger partial charge in [-0.3, -0.25) is 0 Å². The van der Waals surface area contributed by atoms with Gasteiger partial charge in [0.15, 0.2) is 0 Å². The van der Waals surface area contributed by atoms with Crippen LogP contribution in [0.1, 0.15) is 5.56 Å². The fourth-order valence-corrected chi connectivity index (χ4v) is 6.17. The van der Waals surface area contributed by atoms with Crippen molar-refractivity contribution in [1.29, 1.82) is 0 Å². The summed E-state index contributed by atoms with van der Waals surface area (Å²) < 4.78 is 0. The Morgan fingerprint density at radius 3 is 1.74 bits per heavy atom. The Hall–Kier alpha value is -5.08. The van der Waals surface area contributed by atoms with Gasteiger partial charge in [0, 0.05) is 12.4 Å². The van der Waals surface area contributed by atoms with Gasteiger partial charge in [-0.05, 0) is 78.4 Å². The first-order valence-electron chi connectivity index (χ1n) is 13.5. The highest BCUT2D eigenvalue weighted by Crippen LogP contribution is 2.44. The van der Waals surface area contributed by atoms with Gasteiger partial charge in [-0.1, -0.05) is 115 Å². The Bertz CT molecular complexity index is 1940. The summed E-state index contributed by atoms with van der Waals surface area (Å²) in [6.07, 6.45) is 10.8. The van der Waals surface area contributed by atoms with E-state index >= 15 is 0 Å². The van der Waals surface area contributed by atoms with Gasteiger partial charge in [0.2, 0.25) is 0 Å². The van der Waals surface area contributed by atoms with Crippen LogP contribution < -0.4 is 5.32 Å². The molecule has 0 spiro atoms. The van der Waals surface area contributed by atoms with Crippen LogP contribution in [0.4, 0.5) is 0 Å². The molecule has 6 aromatic rings. The smallest absolute Gasteiger partial charge is 0.122 e. The number of hydrogen-bond donors (Lipinski definition) is 1. The molecule has 39 heavy (non-hydrogen) atoms. The first-order valence-corrected chi connectivity index (χ1v) is 13.5. The van der Waals surface area contributed by atoms with Crippen molar-refractivity contribution in [2.24, 2.45) is 0 Å². The molecule has 2 aliphatic heterocycles. The van der Waals surface area contributed by atoms with E-state index in [-0.39, 0.29) is 6.17 Å². The van der Waals surface area contributed by atoms with Crippen LogP contribution in [0, 0.1) is 0 Å². The largest absolute Gasteiger partial charge is 0.360 e. The quantitative estimate of drug-likeness (QED) is 0.245. The molecule has 2 nitrogen and oxygen atoms in total. The van der Waals surface area contributed by atoms with Gasteiger partial charge in [0.25, 0.3) is 0 Å². The first-order chi connectivity index (χ1) is 19.3. The van der Waals surface area contributed by atoms with Gasteiger partial charge in [0.1, 0.15) is 6.17 Å². The lowest BCUT2D eigenvalue weighted by Gasteiger charge is -2.20. The lowest BCUT2D eigenvalue weighted by molar-refractivity contribution is 0.427. The number of hydrogen-bond acceptors (Lipinski definition) is 2. The molecule has 0 aliphatic carbocycles. The van der Waals surface area contributed by atoms with Crippen LogP contribution in [0.2, 0.25) is 0 Å². The summed E-state index contributed by atoms with van der Waals surface area (Å²) >= 11 is 0. The molecule has 2 heteroatoms. The number of allylic oxidation sites excluding steroid dienone is 2. The minimum absolute atomic E-state index is 0.195. The van der Waals surface area contributed by atoms with E-state index in [1.807, 2.05) is 0 Å². The van der Waals surface area contributed by atoms with Crippen LogP contribution in [0.25, 0.3) is 60.3 Å². The Morgan fingerprint density at radius 2 is 1.08 bits per heavy atom. The van der Waals surface area contributed by atoms with Crippen molar-refractivity contribution in [1.82, 2.24) is 10.2 Å². The summed E-state index contributed by atoms with van der Waals surface area (Å²) in [5.74, 6) is 0. The van der Waals surface area contributed by atoms with E-state index in [9.17, 15) is 0 Å². The predicted molar refractivity (Wildman–Crippen MR) is 165 cm³/mol. The van der Waals surface area contributed by atoms with E-state index in [0.717, 1.165) is 5.70 Å². The highest BCUT2D eigenvalue weighted by molar-refractivity contribution is 6.21. The predicted octanol–water partition coefficient (Wildman–Crippen LogP) is 9.09. The molecule has 1 unspecified atom stereocenters. The number of rotatable bonds is 3. The molecule has 1 N–H and O–H groups in total. The number of benzene rings is 6. The van der Waals surface area contributed by atoms with Crippen LogP contribution >= 0.6 is 0 Å². The standard InChI is InChI=1S/C37H26N2/c1-2-10-28-23-29(21-16-25(28)9-1)37-32-13-5-3-11-30(32)36(31-12-4-6-14-33(31)37)27-19-17-26(18-20-27)34-24-39-22-8-7-15-35(39)38-34/h1-24,35,38H. The maximum absolute atomic E-state index is 3.61. The van der Waals surface area contributed by atoms with Crippen molar-refractivity contribution in [3.63, 3.8) is 0 Å². The molecule has 0 saturated heterocycles. The summed E-state index contributed by atoms with van der Waals surface area (Å²) in [6.45, 7) is 0. The Labute approximate surface area is 227 Å². The molecule has 0 amide bonds. The molecule has 2 aliphatic rings. The molecule has 0 saturated carbocycles. The fraction of sp³-hybridized carbons (Fsp3) is 0.0270. The van der Waals surface area contributed by atoms with Crippen LogP contribution in [-0.4, -0.2) is 11.1 Å². The van der Waals surface area contributed by atoms with E-state index in [1.54, 1.807) is 0 Å². The molecule has 1 atom stereocenters. The Kier molecular flexibility index (Phi) is 4.92. The van der Waals surface area contributed by atoms with E-state index in [2.05, 4.69) is 156 Å². The highest BCUT2D eigenvalue weighted by Gasteiger charge is 2.22. The van der Waals surface area contributed by atoms with Gasteiger partial charge >= 0.3 is 0 Å². The monoisotopic (exact) mass is 498 g/mol. The van der Waals surface area contributed by atoms with Crippen molar-refractivity contribution in [3.05, 3.63) is 151 Å². The Morgan fingerprint density at radius 1 is 0.513 bits per heavy atom. The van der Waals surface area contributed by atoms with E-state index in [4.69, 9.17) is 0 Å². The third kappa shape index (κ3) is 3.57. The lowest BCUT2D eigenvalue weighted by atomic mass is 9.85. The van der Waals surface area contributed by atoms with Crippen LogP contribution in [0.15, 0.2) is 146 Å². The average Bonchev–Trinajstić information content (AvgIpc) is 3.44. The van der Waals surface area contributed by atoms with Crippen molar-refractivity contribution in [3.8, 4) is 22.3 Å². The van der Waals surface area contributed by atoms with E-state index < -0.39 is 0 Å². The molecule has 6 aromatic carbocycles. The number of fused-ring (bicyclic) bond motifs is 4. The van der Waals surface area contributed by atoms with Crippen molar-refractivity contribution >= 4 is 38.0 Å². The van der Waals surface area contributed by atoms with Gasteiger partial charge in [-0.15, -0.1) is 0 Å². The molecule has 0 bridgehead atoms. The minimum atomic E-state index is 0.195. The second-order valence-corrected chi connectivity index (χ2v) is 10.3. The minimum Gasteiger partial charge on any atom is -0.360 e. The molecule has 0 fully saturated rings. The summed E-state index contributed by atoms with van der Waals surface area (Å²) in [6, 6.07) is 42.2. The average molecular weight is 499 g/mol. The lowest BCUT2D eigenvalue weighted by Crippen LogP contribution is -2.31. The van der Waals surface area contributed by atoms with E-state index in [0.29, 0.717) is 0 Å². The normalized spacial score (nSPS) is 16.1. The zero-order valence-corrected chi connectivity index (χ0v) is 21.4. The molecule has 0 aromatic heterocycles. The summed E-state index contributed by atoms with van der Waals surface area (Å²) in [5.41, 5.74) is 7.40. The zero-order chi connectivity index (χ0) is 25.8. The first kappa shape index (κ1) is 22.0. The molecular weight excluding hydrogens is 472 g/mol. The zero-order valence-electron chi connectivity index (χ0n) is 21.4. The molecule has 0 radical (unpaired) electrons. The maximum Gasteiger partial charge on any atom is 0.122 e. The summed E-state index contributed by atoms with van der Waals surface area (Å²) in [5, 5.41) is 11.3. The van der Waals surface area contributed by atoms with E-state index in [1.165, 1.54) is 60.1 Å². The van der Waals surface area contributed by atoms with Crippen LogP contribution in [0.3, 0.4) is 0 Å². The van der Waals surface area contributed by atoms with Gasteiger partial charge in [-0.2, -0.15) is 0 Å². The van der Waals surface area contributed by atoms with Gasteiger partial charge in [-0.25, -0.2) is 0 Å². The number of nitrogens with one attached hydrogen (secondary N) is 1. The number of nitrogens with zero attached hydrogens (tertiary/aromatic N) is 1. The van der Waals surface area contributed by atoms with Crippen LogP contribution in [0.5, 0.6) is 0 Å².